The van der Waals surface area contributed by atoms with E-state index in [2.05, 4.69) is 23.7 Å². The van der Waals surface area contributed by atoms with Crippen molar-refractivity contribution in [3.05, 3.63) is 18.0 Å². The molecule has 1 aromatic rings. The van der Waals surface area contributed by atoms with Gasteiger partial charge in [0.1, 0.15) is 0 Å². The second-order valence-corrected chi connectivity index (χ2v) is 6.98. The molecule has 0 amide bonds. The first-order valence-corrected chi connectivity index (χ1v) is 8.49. The Morgan fingerprint density at radius 3 is 2.70 bits per heavy atom. The minimum Gasteiger partial charge on any atom is -0.390 e. The summed E-state index contributed by atoms with van der Waals surface area (Å²) in [4.78, 5) is 5.31. The summed E-state index contributed by atoms with van der Waals surface area (Å²) in [5, 5.41) is 9.01. The summed E-state index contributed by atoms with van der Waals surface area (Å²) in [5.74, 6) is 0. The van der Waals surface area contributed by atoms with E-state index in [9.17, 15) is 8.42 Å². The predicted octanol–water partition coefficient (Wildman–Crippen LogP) is 0.612. The average molecular weight is 301 g/mol. The summed E-state index contributed by atoms with van der Waals surface area (Å²) in [6.07, 6.45) is 2.32. The standard InChI is InChI=1S/C13H23N3O3S/c1-3-15(4-2)12-5-6-16(9-12)20(18,19)13-7-11(10-17)14-8-13/h7-8,12,14,17H,3-6,9-10H2,1-2H3. The van der Waals surface area contributed by atoms with E-state index in [0.29, 0.717) is 24.8 Å². The van der Waals surface area contributed by atoms with E-state index >= 15 is 0 Å². The van der Waals surface area contributed by atoms with Crippen LogP contribution in [-0.4, -0.2) is 59.9 Å². The number of nitrogens with zero attached hydrogens (tertiary/aromatic N) is 2. The molecule has 1 fully saturated rings. The number of aromatic nitrogens is 1. The summed E-state index contributed by atoms with van der Waals surface area (Å²) in [5.41, 5.74) is 0.517. The fourth-order valence-corrected chi connectivity index (χ4v) is 4.29. The lowest BCUT2D eigenvalue weighted by atomic mass is 10.2. The number of aliphatic hydroxyl groups is 1. The molecule has 1 aliphatic heterocycles. The van der Waals surface area contributed by atoms with Crippen LogP contribution in [0.1, 0.15) is 26.0 Å². The Bertz CT molecular complexity index is 537. The van der Waals surface area contributed by atoms with Crippen molar-refractivity contribution in [2.45, 2.75) is 37.8 Å². The van der Waals surface area contributed by atoms with Gasteiger partial charge in [0.15, 0.2) is 0 Å². The number of hydrogen-bond donors (Lipinski definition) is 2. The highest BCUT2D eigenvalue weighted by atomic mass is 32.2. The molecule has 0 bridgehead atoms. The van der Waals surface area contributed by atoms with Crippen LogP contribution in [0.4, 0.5) is 0 Å². The molecule has 0 spiro atoms. The SMILES string of the molecule is CCN(CC)C1CCN(S(=O)(=O)c2c[nH]c(CO)c2)C1. The van der Waals surface area contributed by atoms with E-state index in [-0.39, 0.29) is 11.5 Å². The summed E-state index contributed by atoms with van der Waals surface area (Å²) in [6.45, 7) is 6.99. The van der Waals surface area contributed by atoms with Crippen LogP contribution in [-0.2, 0) is 16.6 Å². The number of rotatable bonds is 6. The number of nitrogens with one attached hydrogen (secondary N) is 1. The van der Waals surface area contributed by atoms with Gasteiger partial charge in [0, 0.05) is 31.0 Å². The Hall–Kier alpha value is -0.890. The van der Waals surface area contributed by atoms with Crippen molar-refractivity contribution in [2.24, 2.45) is 0 Å². The van der Waals surface area contributed by atoms with Gasteiger partial charge in [-0.2, -0.15) is 4.31 Å². The molecule has 2 N–H and O–H groups in total. The van der Waals surface area contributed by atoms with Crippen LogP contribution in [0.5, 0.6) is 0 Å². The molecular formula is C13H23N3O3S. The van der Waals surface area contributed by atoms with Crippen LogP contribution in [0, 0.1) is 0 Å². The lowest BCUT2D eigenvalue weighted by Crippen LogP contribution is -2.38. The van der Waals surface area contributed by atoms with E-state index in [1.54, 1.807) is 4.31 Å². The largest absolute Gasteiger partial charge is 0.390 e. The maximum absolute atomic E-state index is 12.5. The summed E-state index contributed by atoms with van der Waals surface area (Å²) in [6, 6.07) is 1.80. The Kier molecular flexibility index (Phi) is 4.85. The summed E-state index contributed by atoms with van der Waals surface area (Å²) in [7, 11) is -3.45. The Morgan fingerprint density at radius 2 is 2.15 bits per heavy atom. The quantitative estimate of drug-likeness (QED) is 0.807. The maximum Gasteiger partial charge on any atom is 0.244 e. The van der Waals surface area contributed by atoms with Gasteiger partial charge in [-0.1, -0.05) is 13.8 Å². The van der Waals surface area contributed by atoms with Crippen molar-refractivity contribution in [3.63, 3.8) is 0 Å². The second-order valence-electron chi connectivity index (χ2n) is 5.05. The van der Waals surface area contributed by atoms with E-state index in [1.807, 2.05) is 0 Å². The topological polar surface area (TPSA) is 76.6 Å². The minimum atomic E-state index is -3.45. The molecule has 0 aliphatic carbocycles. The van der Waals surface area contributed by atoms with Gasteiger partial charge < -0.3 is 10.1 Å². The third-order valence-corrected chi connectivity index (χ3v) is 5.82. The molecule has 2 heterocycles. The molecular weight excluding hydrogens is 278 g/mol. The van der Waals surface area contributed by atoms with E-state index in [0.717, 1.165) is 19.5 Å². The third-order valence-electron chi connectivity index (χ3n) is 3.98. The van der Waals surface area contributed by atoms with Gasteiger partial charge in [-0.3, -0.25) is 4.90 Å². The second kappa shape index (κ2) is 6.26. The normalized spacial score (nSPS) is 20.9. The van der Waals surface area contributed by atoms with E-state index < -0.39 is 10.0 Å². The van der Waals surface area contributed by atoms with Crippen LogP contribution < -0.4 is 0 Å². The van der Waals surface area contributed by atoms with Gasteiger partial charge in [0.05, 0.1) is 11.5 Å². The van der Waals surface area contributed by atoms with Crippen molar-refractivity contribution in [3.8, 4) is 0 Å². The van der Waals surface area contributed by atoms with Gasteiger partial charge in [-0.25, -0.2) is 8.42 Å². The number of H-pyrrole nitrogens is 1. The van der Waals surface area contributed by atoms with Crippen LogP contribution in [0.2, 0.25) is 0 Å². The Labute approximate surface area is 120 Å². The van der Waals surface area contributed by atoms with Crippen molar-refractivity contribution >= 4 is 10.0 Å². The average Bonchev–Trinajstić information content (AvgIpc) is 3.09. The number of aliphatic hydroxyl groups excluding tert-OH is 1. The molecule has 0 radical (unpaired) electrons. The first kappa shape index (κ1) is 15.5. The molecule has 20 heavy (non-hydrogen) atoms. The molecule has 0 saturated carbocycles. The van der Waals surface area contributed by atoms with Crippen molar-refractivity contribution in [2.75, 3.05) is 26.2 Å². The number of hydrogen-bond acceptors (Lipinski definition) is 4. The number of aromatic amines is 1. The molecule has 1 aliphatic rings. The minimum absolute atomic E-state index is 0.183. The van der Waals surface area contributed by atoms with Crippen LogP contribution >= 0.6 is 0 Å². The lowest BCUT2D eigenvalue weighted by Gasteiger charge is -2.25. The van der Waals surface area contributed by atoms with E-state index in [1.165, 1.54) is 12.3 Å². The highest BCUT2D eigenvalue weighted by Crippen LogP contribution is 2.24. The molecule has 6 nitrogen and oxygen atoms in total. The molecule has 1 atom stereocenters. The summed E-state index contributed by atoms with van der Waals surface area (Å²) >= 11 is 0. The first-order chi connectivity index (χ1) is 9.52. The molecule has 2 rings (SSSR count). The molecule has 114 valence electrons. The maximum atomic E-state index is 12.5. The monoisotopic (exact) mass is 301 g/mol. The van der Waals surface area contributed by atoms with Gasteiger partial charge in [-0.15, -0.1) is 0 Å². The number of likely N-dealkylation sites (N-methyl/N-ethyl adjacent to an activating group) is 1. The van der Waals surface area contributed by atoms with Gasteiger partial charge >= 0.3 is 0 Å². The van der Waals surface area contributed by atoms with Crippen LogP contribution in [0.15, 0.2) is 17.2 Å². The molecule has 7 heteroatoms. The number of sulfonamides is 1. The Balaban J connectivity index is 2.12. The Morgan fingerprint density at radius 1 is 1.45 bits per heavy atom. The predicted molar refractivity (Wildman–Crippen MR) is 76.8 cm³/mol. The lowest BCUT2D eigenvalue weighted by molar-refractivity contribution is 0.224. The zero-order chi connectivity index (χ0) is 14.8. The van der Waals surface area contributed by atoms with Crippen molar-refractivity contribution < 1.29 is 13.5 Å². The van der Waals surface area contributed by atoms with Crippen LogP contribution in [0.3, 0.4) is 0 Å². The molecule has 0 aromatic carbocycles. The van der Waals surface area contributed by atoms with Crippen molar-refractivity contribution in [1.29, 1.82) is 0 Å². The third kappa shape index (κ3) is 2.90. The van der Waals surface area contributed by atoms with Crippen molar-refractivity contribution in [1.82, 2.24) is 14.2 Å². The van der Waals surface area contributed by atoms with E-state index in [4.69, 9.17) is 5.11 Å². The van der Waals surface area contributed by atoms with Gasteiger partial charge in [0.25, 0.3) is 0 Å². The zero-order valence-electron chi connectivity index (χ0n) is 12.0. The molecule has 1 aromatic heterocycles. The highest BCUT2D eigenvalue weighted by Gasteiger charge is 2.34. The molecule has 1 unspecified atom stereocenters. The fraction of sp³-hybridized carbons (Fsp3) is 0.692. The zero-order valence-corrected chi connectivity index (χ0v) is 12.9. The fourth-order valence-electron chi connectivity index (χ4n) is 2.78. The summed E-state index contributed by atoms with van der Waals surface area (Å²) < 4.78 is 26.6. The van der Waals surface area contributed by atoms with Gasteiger partial charge in [0.2, 0.25) is 10.0 Å². The first-order valence-electron chi connectivity index (χ1n) is 7.05. The highest BCUT2D eigenvalue weighted by molar-refractivity contribution is 7.89. The smallest absolute Gasteiger partial charge is 0.244 e. The molecule has 1 saturated heterocycles. The van der Waals surface area contributed by atoms with Gasteiger partial charge in [-0.05, 0) is 25.6 Å². The van der Waals surface area contributed by atoms with Crippen LogP contribution in [0.25, 0.3) is 0 Å².